The standard InChI is InChI=1S/C18H24N2O2/c1-3-4-10-16-14(2)13-20(17(16)21)18(22)19-12-11-15-8-6-5-7-9-15/h5-9H,3-4,10-13H2,1-2H3,(H,19,22). The van der Waals surface area contributed by atoms with Gasteiger partial charge in [-0.1, -0.05) is 43.7 Å². The number of amides is 3. The molecule has 1 aromatic carbocycles. The van der Waals surface area contributed by atoms with E-state index in [2.05, 4.69) is 12.2 Å². The lowest BCUT2D eigenvalue weighted by molar-refractivity contribution is -0.123. The number of hydrogen-bond acceptors (Lipinski definition) is 2. The quantitative estimate of drug-likeness (QED) is 0.876. The molecule has 4 nitrogen and oxygen atoms in total. The summed E-state index contributed by atoms with van der Waals surface area (Å²) in [5.41, 5.74) is 3.02. The molecule has 0 fully saturated rings. The van der Waals surface area contributed by atoms with Crippen molar-refractivity contribution >= 4 is 11.9 Å². The van der Waals surface area contributed by atoms with Crippen molar-refractivity contribution in [1.29, 1.82) is 0 Å². The van der Waals surface area contributed by atoms with Gasteiger partial charge < -0.3 is 5.32 Å². The predicted octanol–water partition coefficient (Wildman–Crippen LogP) is 3.29. The van der Waals surface area contributed by atoms with Crippen LogP contribution in [0.2, 0.25) is 0 Å². The second kappa shape index (κ2) is 7.78. The van der Waals surface area contributed by atoms with Crippen molar-refractivity contribution in [2.45, 2.75) is 39.5 Å². The monoisotopic (exact) mass is 300 g/mol. The van der Waals surface area contributed by atoms with Crippen LogP contribution in [-0.2, 0) is 11.2 Å². The maximum absolute atomic E-state index is 12.3. The molecule has 0 spiro atoms. The second-order valence-electron chi connectivity index (χ2n) is 5.72. The van der Waals surface area contributed by atoms with Gasteiger partial charge in [0.1, 0.15) is 0 Å². The van der Waals surface area contributed by atoms with Gasteiger partial charge in [-0.15, -0.1) is 0 Å². The van der Waals surface area contributed by atoms with E-state index < -0.39 is 0 Å². The van der Waals surface area contributed by atoms with E-state index in [1.165, 1.54) is 10.5 Å². The Morgan fingerprint density at radius 2 is 1.95 bits per heavy atom. The fourth-order valence-corrected chi connectivity index (χ4v) is 2.64. The van der Waals surface area contributed by atoms with Crippen LogP contribution in [0.4, 0.5) is 4.79 Å². The van der Waals surface area contributed by atoms with Gasteiger partial charge in [-0.2, -0.15) is 0 Å². The minimum absolute atomic E-state index is 0.122. The molecule has 2 rings (SSSR count). The number of imide groups is 1. The number of urea groups is 1. The second-order valence-corrected chi connectivity index (χ2v) is 5.72. The molecule has 22 heavy (non-hydrogen) atoms. The van der Waals surface area contributed by atoms with Gasteiger partial charge in [-0.3, -0.25) is 9.69 Å². The molecule has 0 aliphatic carbocycles. The summed E-state index contributed by atoms with van der Waals surface area (Å²) in [6.45, 7) is 5.01. The van der Waals surface area contributed by atoms with Crippen molar-refractivity contribution in [3.8, 4) is 0 Å². The summed E-state index contributed by atoms with van der Waals surface area (Å²) in [6, 6.07) is 9.70. The van der Waals surface area contributed by atoms with E-state index in [9.17, 15) is 9.59 Å². The van der Waals surface area contributed by atoms with Gasteiger partial charge in [0.05, 0.1) is 6.54 Å². The summed E-state index contributed by atoms with van der Waals surface area (Å²) < 4.78 is 0. The Hall–Kier alpha value is -2.10. The Bertz CT molecular complexity index is 564. The van der Waals surface area contributed by atoms with Crippen molar-refractivity contribution in [2.75, 3.05) is 13.1 Å². The van der Waals surface area contributed by atoms with Gasteiger partial charge in [0.25, 0.3) is 5.91 Å². The summed E-state index contributed by atoms with van der Waals surface area (Å²) in [5.74, 6) is -0.122. The number of nitrogens with one attached hydrogen (secondary N) is 1. The van der Waals surface area contributed by atoms with Crippen LogP contribution >= 0.6 is 0 Å². The van der Waals surface area contributed by atoms with Crippen molar-refractivity contribution in [2.24, 2.45) is 0 Å². The summed E-state index contributed by atoms with van der Waals surface area (Å²) in [7, 11) is 0. The molecule has 0 saturated carbocycles. The van der Waals surface area contributed by atoms with Crippen LogP contribution in [0, 0.1) is 0 Å². The van der Waals surface area contributed by atoms with Crippen molar-refractivity contribution in [1.82, 2.24) is 10.2 Å². The lowest BCUT2D eigenvalue weighted by Crippen LogP contribution is -2.42. The van der Waals surface area contributed by atoms with Crippen LogP contribution in [0.3, 0.4) is 0 Å². The van der Waals surface area contributed by atoms with E-state index in [0.29, 0.717) is 13.1 Å². The molecule has 0 radical (unpaired) electrons. The highest BCUT2D eigenvalue weighted by Gasteiger charge is 2.31. The molecule has 0 aromatic heterocycles. The van der Waals surface area contributed by atoms with Crippen LogP contribution in [0.1, 0.15) is 38.7 Å². The average Bonchev–Trinajstić information content (AvgIpc) is 2.81. The number of carbonyl (C=O) groups is 2. The molecule has 1 aromatic rings. The molecule has 0 unspecified atom stereocenters. The van der Waals surface area contributed by atoms with E-state index in [1.807, 2.05) is 37.3 Å². The fraction of sp³-hybridized carbons (Fsp3) is 0.444. The number of benzene rings is 1. The maximum atomic E-state index is 12.3. The molecule has 3 amide bonds. The van der Waals surface area contributed by atoms with Crippen molar-refractivity contribution in [3.05, 3.63) is 47.0 Å². The summed E-state index contributed by atoms with van der Waals surface area (Å²) >= 11 is 0. The van der Waals surface area contributed by atoms with Crippen LogP contribution in [-0.4, -0.2) is 29.9 Å². The minimum Gasteiger partial charge on any atom is -0.337 e. The van der Waals surface area contributed by atoms with E-state index in [1.54, 1.807) is 0 Å². The van der Waals surface area contributed by atoms with Gasteiger partial charge in [0, 0.05) is 12.1 Å². The molecular formula is C18H24N2O2. The highest BCUT2D eigenvalue weighted by molar-refractivity contribution is 6.06. The molecule has 0 saturated heterocycles. The van der Waals surface area contributed by atoms with E-state index in [4.69, 9.17) is 0 Å². The van der Waals surface area contributed by atoms with E-state index in [-0.39, 0.29) is 11.9 Å². The highest BCUT2D eigenvalue weighted by Crippen LogP contribution is 2.23. The molecule has 4 heteroatoms. The Balaban J connectivity index is 1.83. The summed E-state index contributed by atoms with van der Waals surface area (Å²) in [5, 5.41) is 2.84. The number of rotatable bonds is 6. The highest BCUT2D eigenvalue weighted by atomic mass is 16.2. The first-order valence-corrected chi connectivity index (χ1v) is 7.95. The van der Waals surface area contributed by atoms with Gasteiger partial charge in [-0.25, -0.2) is 4.79 Å². The van der Waals surface area contributed by atoms with Crippen LogP contribution in [0.25, 0.3) is 0 Å². The van der Waals surface area contributed by atoms with Crippen LogP contribution in [0.5, 0.6) is 0 Å². The smallest absolute Gasteiger partial charge is 0.324 e. The van der Waals surface area contributed by atoms with Gasteiger partial charge in [0.2, 0.25) is 0 Å². The number of hydrogen-bond donors (Lipinski definition) is 1. The first-order chi connectivity index (χ1) is 10.6. The Kier molecular flexibility index (Phi) is 5.75. The lowest BCUT2D eigenvalue weighted by Gasteiger charge is -2.16. The molecule has 1 N–H and O–H groups in total. The molecule has 0 bridgehead atoms. The van der Waals surface area contributed by atoms with Gasteiger partial charge in [-0.05, 0) is 37.3 Å². The van der Waals surface area contributed by atoms with Crippen LogP contribution in [0.15, 0.2) is 41.5 Å². The third kappa shape index (κ3) is 3.97. The topological polar surface area (TPSA) is 49.4 Å². The fourth-order valence-electron chi connectivity index (χ4n) is 2.64. The van der Waals surface area contributed by atoms with E-state index in [0.717, 1.165) is 36.8 Å². The summed E-state index contributed by atoms with van der Waals surface area (Å²) in [4.78, 5) is 25.8. The van der Waals surface area contributed by atoms with Gasteiger partial charge >= 0.3 is 6.03 Å². The number of nitrogens with zero attached hydrogens (tertiary/aromatic N) is 1. The first kappa shape index (κ1) is 16.3. The minimum atomic E-state index is -0.285. The third-order valence-electron chi connectivity index (χ3n) is 3.97. The van der Waals surface area contributed by atoms with Crippen molar-refractivity contribution in [3.63, 3.8) is 0 Å². The zero-order valence-electron chi connectivity index (χ0n) is 13.4. The number of carbonyl (C=O) groups excluding carboxylic acids is 2. The molecular weight excluding hydrogens is 276 g/mol. The average molecular weight is 300 g/mol. The first-order valence-electron chi connectivity index (χ1n) is 7.95. The van der Waals surface area contributed by atoms with E-state index >= 15 is 0 Å². The largest absolute Gasteiger partial charge is 0.337 e. The summed E-state index contributed by atoms with van der Waals surface area (Å²) in [6.07, 6.45) is 3.58. The molecule has 1 aliphatic heterocycles. The lowest BCUT2D eigenvalue weighted by atomic mass is 10.1. The van der Waals surface area contributed by atoms with Gasteiger partial charge in [0.15, 0.2) is 0 Å². The zero-order chi connectivity index (χ0) is 15.9. The predicted molar refractivity (Wildman–Crippen MR) is 87.5 cm³/mol. The third-order valence-corrected chi connectivity index (χ3v) is 3.97. The Morgan fingerprint density at radius 3 is 2.64 bits per heavy atom. The maximum Gasteiger partial charge on any atom is 0.324 e. The SMILES string of the molecule is CCCCC1=C(C)CN(C(=O)NCCc2ccccc2)C1=O. The number of unbranched alkanes of at least 4 members (excludes halogenated alkanes) is 1. The molecule has 118 valence electrons. The molecule has 1 aliphatic rings. The molecule has 0 atom stereocenters. The Labute approximate surface area is 132 Å². The normalized spacial score (nSPS) is 14.6. The van der Waals surface area contributed by atoms with Crippen LogP contribution < -0.4 is 5.32 Å². The Morgan fingerprint density at radius 1 is 1.23 bits per heavy atom. The zero-order valence-corrected chi connectivity index (χ0v) is 13.4. The molecule has 1 heterocycles. The van der Waals surface area contributed by atoms with Crippen molar-refractivity contribution < 1.29 is 9.59 Å².